The summed E-state index contributed by atoms with van der Waals surface area (Å²) >= 11 is 2.74. The monoisotopic (exact) mass is 481 g/mol. The number of fused-ring (bicyclic) bond motifs is 5. The average Bonchev–Trinajstić information content (AvgIpc) is 3.10. The number of piperidine rings is 1. The highest BCUT2D eigenvalue weighted by atomic mass is 32.1. The third kappa shape index (κ3) is 3.84. The van der Waals surface area contributed by atoms with Crippen LogP contribution in [0.2, 0.25) is 0 Å². The van der Waals surface area contributed by atoms with Crippen LogP contribution in [-0.4, -0.2) is 77.1 Å². The largest absolute Gasteiger partial charge is 0.539 e. The van der Waals surface area contributed by atoms with Gasteiger partial charge in [0.05, 0.1) is 23.8 Å². The van der Waals surface area contributed by atoms with Gasteiger partial charge in [-0.1, -0.05) is 12.1 Å². The zero-order valence-electron chi connectivity index (χ0n) is 17.4. The zero-order chi connectivity index (χ0) is 23.3. The third-order valence-corrected chi connectivity index (χ3v) is 8.49. The lowest BCUT2D eigenvalue weighted by molar-refractivity contribution is -0.938. The van der Waals surface area contributed by atoms with Crippen molar-refractivity contribution in [3.63, 3.8) is 0 Å². The van der Waals surface area contributed by atoms with E-state index in [-0.39, 0.29) is 6.10 Å². The molecule has 5 heterocycles. The van der Waals surface area contributed by atoms with E-state index < -0.39 is 23.5 Å². The molecule has 2 bridgehead atoms. The summed E-state index contributed by atoms with van der Waals surface area (Å²) in [7, 11) is 4.49. The lowest BCUT2D eigenvalue weighted by Gasteiger charge is -2.45. The first-order valence-electron chi connectivity index (χ1n) is 10.0. The van der Waals surface area contributed by atoms with Crippen LogP contribution < -0.4 is 5.11 Å². The molecule has 3 fully saturated rings. The van der Waals surface area contributed by atoms with Gasteiger partial charge < -0.3 is 34.1 Å². The number of hydrogen-bond donors (Lipinski definition) is 2. The van der Waals surface area contributed by atoms with Gasteiger partial charge in [-0.25, -0.2) is 9.59 Å². The van der Waals surface area contributed by atoms with Crippen molar-refractivity contribution in [1.29, 1.82) is 0 Å². The SMILES string of the molecule is C[N+]1(C)C2CC(OC(=O)C(O)(c3cccs3)c3cccs3)CC1C1OC12.O=C([O-])C(=O)O. The molecular weight excluding hydrogens is 458 g/mol. The summed E-state index contributed by atoms with van der Waals surface area (Å²) in [6.45, 7) is 0. The molecule has 0 aliphatic carbocycles. The van der Waals surface area contributed by atoms with Crippen LogP contribution in [0, 0.1) is 0 Å². The van der Waals surface area contributed by atoms with Gasteiger partial charge in [-0.15, -0.1) is 22.7 Å². The van der Waals surface area contributed by atoms with Crippen molar-refractivity contribution in [1.82, 2.24) is 0 Å². The molecule has 0 aromatic carbocycles. The minimum absolute atomic E-state index is 0.161. The summed E-state index contributed by atoms with van der Waals surface area (Å²) in [5, 5.41) is 31.4. The molecule has 11 heteroatoms. The van der Waals surface area contributed by atoms with Crippen molar-refractivity contribution in [2.75, 3.05) is 14.1 Å². The van der Waals surface area contributed by atoms with Crippen LogP contribution in [0.1, 0.15) is 22.6 Å². The van der Waals surface area contributed by atoms with Gasteiger partial charge in [-0.3, -0.25) is 0 Å². The Kier molecular flexibility index (Phi) is 5.88. The number of carbonyl (C=O) groups excluding carboxylic acids is 2. The summed E-state index contributed by atoms with van der Waals surface area (Å²) in [6, 6.07) is 8.01. The quantitative estimate of drug-likeness (QED) is 0.273. The molecule has 2 N–H and O–H groups in total. The second-order valence-electron chi connectivity index (χ2n) is 8.59. The number of likely N-dealkylation sites (N-methyl/N-ethyl adjacent to an activating group) is 1. The summed E-state index contributed by atoms with van der Waals surface area (Å²) in [4.78, 5) is 32.4. The fourth-order valence-corrected chi connectivity index (χ4v) is 6.54. The Morgan fingerprint density at radius 2 is 1.56 bits per heavy atom. The Morgan fingerprint density at radius 1 is 1.09 bits per heavy atom. The second kappa shape index (κ2) is 8.23. The normalized spacial score (nSPS) is 29.3. The van der Waals surface area contributed by atoms with Crippen molar-refractivity contribution in [2.45, 2.75) is 48.8 Å². The molecule has 0 saturated carbocycles. The maximum Gasteiger partial charge on any atom is 0.351 e. The number of aliphatic carboxylic acids is 2. The molecule has 3 aliphatic heterocycles. The van der Waals surface area contributed by atoms with E-state index in [2.05, 4.69) is 14.1 Å². The smallest absolute Gasteiger partial charge is 0.351 e. The molecule has 9 nitrogen and oxygen atoms in total. The molecule has 0 amide bonds. The number of thiophene rings is 2. The molecule has 32 heavy (non-hydrogen) atoms. The number of carbonyl (C=O) groups is 3. The Hall–Kier alpha value is -2.31. The van der Waals surface area contributed by atoms with Crippen LogP contribution in [0.25, 0.3) is 0 Å². The van der Waals surface area contributed by atoms with Crippen LogP contribution in [0.3, 0.4) is 0 Å². The third-order valence-electron chi connectivity index (χ3n) is 6.54. The van der Waals surface area contributed by atoms with Crippen molar-refractivity contribution < 1.29 is 43.7 Å². The van der Waals surface area contributed by atoms with Crippen LogP contribution in [-0.2, 0) is 29.5 Å². The fourth-order valence-electron chi connectivity index (χ4n) is 4.83. The summed E-state index contributed by atoms with van der Waals surface area (Å²) in [6.07, 6.45) is 2.05. The summed E-state index contributed by atoms with van der Waals surface area (Å²) in [5.41, 5.74) is -1.72. The number of ether oxygens (including phenoxy) is 2. The van der Waals surface area contributed by atoms with Gasteiger partial charge in [0.25, 0.3) is 0 Å². The van der Waals surface area contributed by atoms with Gasteiger partial charge in [0.15, 0.2) is 5.97 Å². The van der Waals surface area contributed by atoms with Crippen LogP contribution in [0.15, 0.2) is 35.0 Å². The molecule has 2 aromatic heterocycles. The molecule has 5 rings (SSSR count). The molecule has 172 valence electrons. The van der Waals surface area contributed by atoms with Gasteiger partial charge in [-0.2, -0.15) is 0 Å². The van der Waals surface area contributed by atoms with Crippen molar-refractivity contribution in [3.8, 4) is 0 Å². The number of esters is 1. The molecular formula is C21H23NO8S2. The number of epoxide rings is 1. The highest BCUT2D eigenvalue weighted by Gasteiger charge is 2.71. The van der Waals surface area contributed by atoms with E-state index in [0.29, 0.717) is 34.0 Å². The number of aliphatic hydroxyl groups is 1. The van der Waals surface area contributed by atoms with E-state index in [0.717, 1.165) is 17.3 Å². The lowest BCUT2D eigenvalue weighted by Crippen LogP contribution is -2.60. The summed E-state index contributed by atoms with van der Waals surface area (Å²) in [5.74, 6) is -4.57. The number of carboxylic acids is 2. The Bertz CT molecular complexity index is 937. The van der Waals surface area contributed by atoms with Crippen LogP contribution in [0.4, 0.5) is 0 Å². The van der Waals surface area contributed by atoms with E-state index in [4.69, 9.17) is 29.3 Å². The number of carboxylic acid groups (broad SMARTS) is 2. The Balaban J connectivity index is 0.000000363. The van der Waals surface area contributed by atoms with E-state index in [1.54, 1.807) is 12.1 Å². The van der Waals surface area contributed by atoms with Crippen molar-refractivity contribution >= 4 is 40.6 Å². The van der Waals surface area contributed by atoms with E-state index >= 15 is 0 Å². The van der Waals surface area contributed by atoms with Crippen LogP contribution >= 0.6 is 22.7 Å². The highest BCUT2D eigenvalue weighted by Crippen LogP contribution is 2.52. The van der Waals surface area contributed by atoms with Crippen LogP contribution in [0.5, 0.6) is 0 Å². The van der Waals surface area contributed by atoms with E-state index in [1.807, 2.05) is 22.9 Å². The molecule has 3 saturated heterocycles. The molecule has 4 atom stereocenters. The summed E-state index contributed by atoms with van der Waals surface area (Å²) < 4.78 is 12.6. The first-order chi connectivity index (χ1) is 15.1. The Morgan fingerprint density at radius 3 is 1.94 bits per heavy atom. The van der Waals surface area contributed by atoms with Gasteiger partial charge in [0.1, 0.15) is 30.4 Å². The minimum atomic E-state index is -2.07. The second-order valence-corrected chi connectivity index (χ2v) is 10.5. The number of hydrogen-bond acceptors (Lipinski definition) is 9. The number of nitrogens with zero attached hydrogens (tertiary/aromatic N) is 1. The van der Waals surface area contributed by atoms with E-state index in [9.17, 15) is 9.90 Å². The standard InChI is InChI=1S/C19H22NO4S2.C2H2O4/c1-20(2)12-9-11(10-13(20)17-16(12)24-17)23-18(21)19(22,14-5-3-7-25-14)15-6-4-8-26-15;3-1(4)2(5)6/h3-8,11-13,16-17,22H,9-10H2,1-2H3;(H,3,4)(H,5,6)/q+1;/p-1. The van der Waals surface area contributed by atoms with Gasteiger partial charge in [0, 0.05) is 12.8 Å². The van der Waals surface area contributed by atoms with Gasteiger partial charge in [0.2, 0.25) is 5.60 Å². The van der Waals surface area contributed by atoms with Crippen molar-refractivity contribution in [2.24, 2.45) is 0 Å². The lowest BCUT2D eigenvalue weighted by atomic mass is 9.95. The number of quaternary nitrogens is 1. The number of morpholine rings is 1. The molecule has 0 spiro atoms. The van der Waals surface area contributed by atoms with Gasteiger partial charge >= 0.3 is 11.9 Å². The molecule has 0 radical (unpaired) electrons. The molecule has 4 unspecified atom stereocenters. The maximum absolute atomic E-state index is 13.1. The highest BCUT2D eigenvalue weighted by molar-refractivity contribution is 7.12. The minimum Gasteiger partial charge on any atom is -0.539 e. The predicted octanol–water partition coefficient (Wildman–Crippen LogP) is 0.167. The maximum atomic E-state index is 13.1. The molecule has 2 aromatic rings. The predicted molar refractivity (Wildman–Crippen MR) is 112 cm³/mol. The fraction of sp³-hybridized carbons (Fsp3) is 0.476. The first kappa shape index (κ1) is 22.9. The Labute approximate surface area is 192 Å². The average molecular weight is 482 g/mol. The van der Waals surface area contributed by atoms with Gasteiger partial charge in [-0.05, 0) is 22.9 Å². The topological polar surface area (TPSA) is 136 Å². The van der Waals surface area contributed by atoms with E-state index in [1.165, 1.54) is 22.7 Å². The number of rotatable bonds is 4. The zero-order valence-corrected chi connectivity index (χ0v) is 19.0. The van der Waals surface area contributed by atoms with Crippen molar-refractivity contribution in [3.05, 3.63) is 44.8 Å². The molecule has 3 aliphatic rings. The first-order valence-corrected chi connectivity index (χ1v) is 11.8.